The summed E-state index contributed by atoms with van der Waals surface area (Å²) in [6.07, 6.45) is 2.18. The number of hydrogen-bond donors (Lipinski definition) is 0. The largest absolute Gasteiger partial charge is 0.0622 e. The molecule has 0 nitrogen and oxygen atoms in total. The molecular weight excluding hydrogens is 336 g/mol. The Morgan fingerprint density at radius 2 is 0.857 bits per heavy atom. The minimum Gasteiger partial charge on any atom is -0.0622 e. The second-order valence-electron chi connectivity index (χ2n) is 8.10. The first-order valence-electron chi connectivity index (χ1n) is 10.2. The topological polar surface area (TPSA) is 0 Å². The van der Waals surface area contributed by atoms with Gasteiger partial charge in [0.05, 0.1) is 0 Å². The lowest BCUT2D eigenvalue weighted by Crippen LogP contribution is -2.21. The van der Waals surface area contributed by atoms with E-state index in [4.69, 9.17) is 0 Å². The van der Waals surface area contributed by atoms with E-state index >= 15 is 0 Å². The zero-order chi connectivity index (χ0) is 18.5. The van der Waals surface area contributed by atoms with Crippen LogP contribution < -0.4 is 0 Å². The van der Waals surface area contributed by atoms with Gasteiger partial charge < -0.3 is 0 Å². The molecule has 0 heterocycles. The molecule has 0 radical (unpaired) electrons. The van der Waals surface area contributed by atoms with Crippen molar-refractivity contribution in [1.29, 1.82) is 0 Å². The summed E-state index contributed by atoms with van der Waals surface area (Å²) >= 11 is 0. The zero-order valence-corrected chi connectivity index (χ0v) is 15.8. The van der Waals surface area contributed by atoms with E-state index in [-0.39, 0.29) is 0 Å². The molecule has 4 aromatic carbocycles. The molecular formula is C28H22. The lowest BCUT2D eigenvalue weighted by atomic mass is 9.66. The maximum atomic E-state index is 2.36. The predicted molar refractivity (Wildman–Crippen MR) is 116 cm³/mol. The quantitative estimate of drug-likeness (QED) is 0.373. The molecule has 4 aromatic rings. The Labute approximate surface area is 166 Å². The van der Waals surface area contributed by atoms with Gasteiger partial charge in [-0.05, 0) is 57.3 Å². The van der Waals surface area contributed by atoms with Crippen LogP contribution in [0, 0.1) is 0 Å². The molecule has 0 aliphatic heterocycles. The van der Waals surface area contributed by atoms with Gasteiger partial charge in [-0.3, -0.25) is 0 Å². The van der Waals surface area contributed by atoms with E-state index in [0.717, 1.165) is 12.8 Å². The summed E-state index contributed by atoms with van der Waals surface area (Å²) in [6.45, 7) is 0. The Hall–Kier alpha value is -3.12. The summed E-state index contributed by atoms with van der Waals surface area (Å²) in [5, 5.41) is 0. The van der Waals surface area contributed by atoms with Crippen molar-refractivity contribution in [1.82, 2.24) is 0 Å². The molecule has 6 rings (SSSR count). The fraction of sp³-hybridized carbons (Fsp3) is 0.143. The SMILES string of the molecule is c1ccc(C2Cc3cccc4c3-c3c(cccc32)CC4c2ccccc2)cc1. The smallest absolute Gasteiger partial charge is 0.0136 e. The number of hydrogen-bond acceptors (Lipinski definition) is 0. The molecule has 28 heavy (non-hydrogen) atoms. The second-order valence-corrected chi connectivity index (χ2v) is 8.10. The summed E-state index contributed by atoms with van der Waals surface area (Å²) < 4.78 is 0. The Bertz CT molecular complexity index is 1060. The van der Waals surface area contributed by atoms with Crippen molar-refractivity contribution < 1.29 is 0 Å². The first-order valence-corrected chi connectivity index (χ1v) is 10.2. The molecule has 2 unspecified atom stereocenters. The van der Waals surface area contributed by atoms with E-state index in [1.165, 1.54) is 44.5 Å². The number of rotatable bonds is 2. The van der Waals surface area contributed by atoms with Crippen LogP contribution in [0.3, 0.4) is 0 Å². The summed E-state index contributed by atoms with van der Waals surface area (Å²) in [7, 11) is 0. The third-order valence-electron chi connectivity index (χ3n) is 6.62. The van der Waals surface area contributed by atoms with Crippen LogP contribution in [-0.2, 0) is 12.8 Å². The molecule has 0 bridgehead atoms. The van der Waals surface area contributed by atoms with Gasteiger partial charge in [-0.15, -0.1) is 0 Å². The summed E-state index contributed by atoms with van der Waals surface area (Å²) in [4.78, 5) is 0. The van der Waals surface area contributed by atoms with Crippen molar-refractivity contribution in [2.24, 2.45) is 0 Å². The van der Waals surface area contributed by atoms with Crippen molar-refractivity contribution in [2.45, 2.75) is 24.7 Å². The first kappa shape index (κ1) is 15.9. The molecule has 2 aliphatic carbocycles. The van der Waals surface area contributed by atoms with Crippen LogP contribution in [-0.4, -0.2) is 0 Å². The molecule has 0 N–H and O–H groups in total. The van der Waals surface area contributed by atoms with Gasteiger partial charge in [0, 0.05) is 11.8 Å². The van der Waals surface area contributed by atoms with Gasteiger partial charge in [0.2, 0.25) is 0 Å². The van der Waals surface area contributed by atoms with Gasteiger partial charge in [-0.25, -0.2) is 0 Å². The van der Waals surface area contributed by atoms with Crippen LogP contribution in [0.25, 0.3) is 11.1 Å². The van der Waals surface area contributed by atoms with E-state index in [2.05, 4.69) is 97.1 Å². The van der Waals surface area contributed by atoms with Crippen LogP contribution in [0.4, 0.5) is 0 Å². The van der Waals surface area contributed by atoms with Crippen LogP contribution >= 0.6 is 0 Å². The van der Waals surface area contributed by atoms with Crippen LogP contribution in [0.5, 0.6) is 0 Å². The maximum absolute atomic E-state index is 2.36. The summed E-state index contributed by atoms with van der Waals surface area (Å²) in [5.41, 5.74) is 11.9. The van der Waals surface area contributed by atoms with E-state index in [0.29, 0.717) is 11.8 Å². The lowest BCUT2D eigenvalue weighted by Gasteiger charge is -2.37. The van der Waals surface area contributed by atoms with Gasteiger partial charge in [-0.1, -0.05) is 97.1 Å². The first-order chi connectivity index (χ1) is 13.9. The molecule has 0 saturated carbocycles. The highest BCUT2D eigenvalue weighted by molar-refractivity contribution is 5.83. The Balaban J connectivity index is 1.59. The number of benzene rings is 4. The Morgan fingerprint density at radius 1 is 0.429 bits per heavy atom. The lowest BCUT2D eigenvalue weighted by molar-refractivity contribution is 0.745. The second kappa shape index (κ2) is 6.21. The van der Waals surface area contributed by atoms with Crippen molar-refractivity contribution in [2.75, 3.05) is 0 Å². The molecule has 2 atom stereocenters. The Kier molecular flexibility index (Phi) is 3.52. The third kappa shape index (κ3) is 2.31. The molecule has 0 spiro atoms. The molecule has 0 heteroatoms. The average molecular weight is 358 g/mol. The van der Waals surface area contributed by atoms with Gasteiger partial charge in [0.15, 0.2) is 0 Å². The molecule has 0 fully saturated rings. The maximum Gasteiger partial charge on any atom is 0.0136 e. The highest BCUT2D eigenvalue weighted by Crippen LogP contribution is 2.51. The van der Waals surface area contributed by atoms with Crippen molar-refractivity contribution in [3.8, 4) is 11.1 Å². The summed E-state index contributed by atoms with van der Waals surface area (Å²) in [6, 6.07) is 36.0. The Morgan fingerprint density at radius 3 is 1.29 bits per heavy atom. The molecule has 0 aromatic heterocycles. The van der Waals surface area contributed by atoms with Crippen molar-refractivity contribution in [3.63, 3.8) is 0 Å². The highest BCUT2D eigenvalue weighted by atomic mass is 14.4. The molecule has 134 valence electrons. The van der Waals surface area contributed by atoms with Gasteiger partial charge in [0.1, 0.15) is 0 Å². The minimum absolute atomic E-state index is 0.451. The predicted octanol–water partition coefficient (Wildman–Crippen LogP) is 6.73. The molecule has 2 aliphatic rings. The van der Waals surface area contributed by atoms with Gasteiger partial charge >= 0.3 is 0 Å². The molecule has 0 amide bonds. The van der Waals surface area contributed by atoms with Gasteiger partial charge in [-0.2, -0.15) is 0 Å². The van der Waals surface area contributed by atoms with E-state index in [9.17, 15) is 0 Å². The normalized spacial score (nSPS) is 19.1. The fourth-order valence-electron chi connectivity index (χ4n) is 5.40. The van der Waals surface area contributed by atoms with E-state index < -0.39 is 0 Å². The third-order valence-corrected chi connectivity index (χ3v) is 6.62. The fourth-order valence-corrected chi connectivity index (χ4v) is 5.40. The van der Waals surface area contributed by atoms with E-state index in [1.807, 2.05) is 0 Å². The van der Waals surface area contributed by atoms with E-state index in [1.54, 1.807) is 0 Å². The standard InChI is InChI=1S/C28H22/c1-3-9-19(10-4-1)25-17-21-13-8-16-24-26(20-11-5-2-6-12-20)18-22-14-7-15-23(25)27(22)28(21)24/h1-16,25-26H,17-18H2. The molecule has 0 saturated heterocycles. The van der Waals surface area contributed by atoms with Crippen molar-refractivity contribution in [3.05, 3.63) is 130 Å². The van der Waals surface area contributed by atoms with Crippen molar-refractivity contribution >= 4 is 0 Å². The average Bonchev–Trinajstić information content (AvgIpc) is 2.78. The highest BCUT2D eigenvalue weighted by Gasteiger charge is 2.34. The zero-order valence-electron chi connectivity index (χ0n) is 15.8. The van der Waals surface area contributed by atoms with Gasteiger partial charge in [0.25, 0.3) is 0 Å². The van der Waals surface area contributed by atoms with Crippen LogP contribution in [0.15, 0.2) is 97.1 Å². The minimum atomic E-state index is 0.451. The van der Waals surface area contributed by atoms with Crippen LogP contribution in [0.1, 0.15) is 45.2 Å². The van der Waals surface area contributed by atoms with Crippen LogP contribution in [0.2, 0.25) is 0 Å². The summed E-state index contributed by atoms with van der Waals surface area (Å²) in [5.74, 6) is 0.902. The monoisotopic (exact) mass is 358 g/mol.